The number of aryl methyl sites for hydroxylation is 1. The summed E-state index contributed by atoms with van der Waals surface area (Å²) in [5, 5.41) is 10.4. The number of nitrogens with one attached hydrogen (secondary N) is 3. The highest BCUT2D eigenvalue weighted by Crippen LogP contribution is 2.33. The average molecular weight is 450 g/mol. The number of nitrogens with zero attached hydrogens (tertiary/aromatic N) is 4. The molecule has 0 bridgehead atoms. The van der Waals surface area contributed by atoms with Crippen LogP contribution in [-0.2, 0) is 4.79 Å². The monoisotopic (exact) mass is 449 g/mol. The van der Waals surface area contributed by atoms with Crippen LogP contribution in [0.4, 0.5) is 15.8 Å². The number of benzene rings is 2. The van der Waals surface area contributed by atoms with Crippen molar-refractivity contribution >= 4 is 17.3 Å². The van der Waals surface area contributed by atoms with Gasteiger partial charge in [-0.3, -0.25) is 10.2 Å². The fourth-order valence-electron chi connectivity index (χ4n) is 4.97. The summed E-state index contributed by atoms with van der Waals surface area (Å²) in [6.07, 6.45) is 0.236. The highest BCUT2D eigenvalue weighted by atomic mass is 19.1. The zero-order valence-corrected chi connectivity index (χ0v) is 18.8. The quantitative estimate of drug-likeness (QED) is 0.656. The highest BCUT2D eigenvalue weighted by molar-refractivity contribution is 5.95. The summed E-state index contributed by atoms with van der Waals surface area (Å²) in [6, 6.07) is 12.9. The average Bonchev–Trinajstić information content (AvgIpc) is 3.22. The molecule has 2 aromatic carbocycles. The number of anilines is 2. The topological polar surface area (TPSA) is 86.7 Å². The van der Waals surface area contributed by atoms with Crippen LogP contribution in [0.5, 0.6) is 0 Å². The second kappa shape index (κ2) is 8.72. The number of carbonyl (C=O) groups is 1. The van der Waals surface area contributed by atoms with Crippen molar-refractivity contribution in [1.29, 1.82) is 5.26 Å². The number of rotatable bonds is 3. The smallest absolute Gasteiger partial charge is 0.243 e. The predicted octanol–water partition coefficient (Wildman–Crippen LogP) is 1.59. The van der Waals surface area contributed by atoms with Crippen LogP contribution in [-0.4, -0.2) is 56.1 Å². The van der Waals surface area contributed by atoms with Crippen LogP contribution in [0.3, 0.4) is 0 Å². The molecule has 0 radical (unpaired) electrons. The molecule has 5 rings (SSSR count). The van der Waals surface area contributed by atoms with Gasteiger partial charge in [-0.2, -0.15) is 5.26 Å². The minimum absolute atomic E-state index is 0.0890. The summed E-state index contributed by atoms with van der Waals surface area (Å²) < 4.78 is 14.8. The van der Waals surface area contributed by atoms with E-state index in [1.807, 2.05) is 6.07 Å². The van der Waals surface area contributed by atoms with Gasteiger partial charge in [-0.25, -0.2) is 20.3 Å². The number of amides is 1. The van der Waals surface area contributed by atoms with Gasteiger partial charge in [-0.15, -0.1) is 0 Å². The number of carbonyl (C=O) groups excluding carboxylic acids is 1. The molecule has 3 unspecified atom stereocenters. The van der Waals surface area contributed by atoms with Crippen molar-refractivity contribution in [2.24, 2.45) is 0 Å². The SMILES string of the molecule is Cc1cc(C#N)cc(F)c1N1NC2C(CC1=O)NNC2c1ccc(N2CCN(C)CC2)cc1. The lowest BCUT2D eigenvalue weighted by Gasteiger charge is -2.37. The van der Waals surface area contributed by atoms with Gasteiger partial charge in [-0.05, 0) is 49.4 Å². The summed E-state index contributed by atoms with van der Waals surface area (Å²) in [5.74, 6) is -0.804. The number of likely N-dealkylation sites (N-methyl/N-ethyl adjacent to an activating group) is 1. The first-order chi connectivity index (χ1) is 15.9. The van der Waals surface area contributed by atoms with E-state index in [1.54, 1.807) is 13.0 Å². The first-order valence-corrected chi connectivity index (χ1v) is 11.3. The Bertz CT molecular complexity index is 1070. The number of hydrogen-bond acceptors (Lipinski definition) is 7. The molecule has 3 aliphatic heterocycles. The summed E-state index contributed by atoms with van der Waals surface area (Å²) in [7, 11) is 2.14. The number of fused-ring (bicyclic) bond motifs is 1. The van der Waals surface area contributed by atoms with Crippen LogP contribution in [0.25, 0.3) is 0 Å². The van der Waals surface area contributed by atoms with E-state index in [4.69, 9.17) is 5.26 Å². The molecule has 3 aliphatic rings. The fourth-order valence-corrected chi connectivity index (χ4v) is 4.97. The zero-order chi connectivity index (χ0) is 23.1. The molecule has 1 amide bonds. The van der Waals surface area contributed by atoms with Crippen molar-refractivity contribution in [3.8, 4) is 6.07 Å². The van der Waals surface area contributed by atoms with Gasteiger partial charge in [0.25, 0.3) is 0 Å². The largest absolute Gasteiger partial charge is 0.369 e. The minimum atomic E-state index is -0.585. The van der Waals surface area contributed by atoms with E-state index < -0.39 is 5.82 Å². The first kappa shape index (κ1) is 21.8. The molecule has 3 saturated heterocycles. The molecule has 3 atom stereocenters. The number of halogens is 1. The predicted molar refractivity (Wildman–Crippen MR) is 124 cm³/mol. The summed E-state index contributed by atoms with van der Waals surface area (Å²) in [5.41, 5.74) is 13.0. The van der Waals surface area contributed by atoms with Gasteiger partial charge >= 0.3 is 0 Å². The van der Waals surface area contributed by atoms with Crippen molar-refractivity contribution in [2.75, 3.05) is 43.1 Å². The van der Waals surface area contributed by atoms with Crippen LogP contribution in [0.2, 0.25) is 0 Å². The summed E-state index contributed by atoms with van der Waals surface area (Å²) in [4.78, 5) is 17.6. The maximum atomic E-state index is 14.8. The molecular formula is C24H28FN7O. The van der Waals surface area contributed by atoms with Crippen LogP contribution in [0.15, 0.2) is 36.4 Å². The van der Waals surface area contributed by atoms with Crippen molar-refractivity contribution < 1.29 is 9.18 Å². The molecule has 9 heteroatoms. The van der Waals surface area contributed by atoms with E-state index in [2.05, 4.69) is 57.4 Å². The van der Waals surface area contributed by atoms with E-state index in [1.165, 1.54) is 16.8 Å². The van der Waals surface area contributed by atoms with Gasteiger partial charge in [0.05, 0.1) is 29.4 Å². The molecule has 8 nitrogen and oxygen atoms in total. The van der Waals surface area contributed by atoms with Crippen LogP contribution < -0.4 is 26.2 Å². The van der Waals surface area contributed by atoms with Crippen molar-refractivity contribution in [1.82, 2.24) is 21.2 Å². The van der Waals surface area contributed by atoms with Crippen molar-refractivity contribution in [3.63, 3.8) is 0 Å². The maximum Gasteiger partial charge on any atom is 0.243 e. The Kier molecular flexibility index (Phi) is 5.76. The Morgan fingerprint density at radius 2 is 1.82 bits per heavy atom. The van der Waals surface area contributed by atoms with E-state index in [0.717, 1.165) is 31.7 Å². The Hall–Kier alpha value is -3.03. The van der Waals surface area contributed by atoms with Crippen molar-refractivity contribution in [2.45, 2.75) is 31.5 Å². The van der Waals surface area contributed by atoms with Gasteiger partial charge in [0.15, 0.2) is 0 Å². The number of hydrazine groups is 2. The first-order valence-electron chi connectivity index (χ1n) is 11.3. The molecule has 0 aromatic heterocycles. The molecule has 0 saturated carbocycles. The van der Waals surface area contributed by atoms with E-state index in [9.17, 15) is 9.18 Å². The zero-order valence-electron chi connectivity index (χ0n) is 18.8. The maximum absolute atomic E-state index is 14.8. The number of nitriles is 1. The number of piperazine rings is 1. The van der Waals surface area contributed by atoms with Gasteiger partial charge < -0.3 is 9.80 Å². The summed E-state index contributed by atoms with van der Waals surface area (Å²) >= 11 is 0. The normalized spacial score (nSPS) is 25.8. The molecule has 2 aromatic rings. The van der Waals surface area contributed by atoms with Crippen LogP contribution >= 0.6 is 0 Å². The molecule has 0 aliphatic carbocycles. The van der Waals surface area contributed by atoms with E-state index in [0.29, 0.717) is 5.56 Å². The van der Waals surface area contributed by atoms with E-state index >= 15 is 0 Å². The Labute approximate surface area is 192 Å². The van der Waals surface area contributed by atoms with Gasteiger partial charge in [-0.1, -0.05) is 12.1 Å². The third-order valence-corrected chi connectivity index (χ3v) is 6.87. The fraction of sp³-hybridized carbons (Fsp3) is 0.417. The lowest BCUT2D eigenvalue weighted by Crippen LogP contribution is -2.60. The highest BCUT2D eigenvalue weighted by Gasteiger charge is 2.44. The molecule has 3 N–H and O–H groups in total. The second-order valence-corrected chi connectivity index (χ2v) is 9.08. The molecular weight excluding hydrogens is 421 g/mol. The van der Waals surface area contributed by atoms with Gasteiger partial charge in [0.1, 0.15) is 5.82 Å². The molecule has 3 heterocycles. The standard InChI is InChI=1S/C24H28FN7O/c1-15-11-16(14-26)12-19(25)24(15)32-21(33)13-20-23(29-32)22(28-27-20)17-3-5-18(6-4-17)31-9-7-30(2)8-10-31/h3-6,11-12,20,22-23,27-29H,7-10,13H2,1-2H3. The third-order valence-electron chi connectivity index (χ3n) is 6.87. The van der Waals surface area contributed by atoms with Crippen LogP contribution in [0.1, 0.15) is 29.2 Å². The van der Waals surface area contributed by atoms with E-state index in [-0.39, 0.29) is 41.7 Å². The Morgan fingerprint density at radius 1 is 1.09 bits per heavy atom. The van der Waals surface area contributed by atoms with Crippen LogP contribution in [0, 0.1) is 24.1 Å². The van der Waals surface area contributed by atoms with Gasteiger partial charge in [0.2, 0.25) is 5.91 Å². The molecule has 33 heavy (non-hydrogen) atoms. The molecule has 3 fully saturated rings. The lowest BCUT2D eigenvalue weighted by atomic mass is 9.93. The third kappa shape index (κ3) is 4.07. The Morgan fingerprint density at radius 3 is 2.48 bits per heavy atom. The second-order valence-electron chi connectivity index (χ2n) is 9.08. The van der Waals surface area contributed by atoms with Crippen molar-refractivity contribution in [3.05, 3.63) is 58.9 Å². The van der Waals surface area contributed by atoms with Gasteiger partial charge in [0, 0.05) is 44.3 Å². The number of hydrogen-bond donors (Lipinski definition) is 3. The lowest BCUT2D eigenvalue weighted by molar-refractivity contribution is -0.121. The summed E-state index contributed by atoms with van der Waals surface area (Å²) in [6.45, 7) is 5.84. The molecule has 172 valence electrons. The Balaban J connectivity index is 1.36. The minimum Gasteiger partial charge on any atom is -0.369 e. The molecule has 0 spiro atoms.